The van der Waals surface area contributed by atoms with Gasteiger partial charge in [-0.05, 0) is 18.4 Å². The molecule has 0 aliphatic carbocycles. The second-order valence-electron chi connectivity index (χ2n) is 3.43. The molecule has 1 aromatic heterocycles. The molecule has 0 aliphatic heterocycles. The van der Waals surface area contributed by atoms with Crippen molar-refractivity contribution in [3.63, 3.8) is 0 Å². The molecule has 16 heavy (non-hydrogen) atoms. The van der Waals surface area contributed by atoms with Crippen molar-refractivity contribution in [2.24, 2.45) is 0 Å². The average Bonchev–Trinajstić information content (AvgIpc) is 2.76. The minimum absolute atomic E-state index is 0.247. The topological polar surface area (TPSA) is 51.5 Å². The summed E-state index contributed by atoms with van der Waals surface area (Å²) in [5.74, 6) is 0.551. The van der Waals surface area contributed by atoms with Gasteiger partial charge in [-0.25, -0.2) is 4.79 Å². The molecule has 1 atom stereocenters. The maximum atomic E-state index is 11.1. The van der Waals surface area contributed by atoms with Crippen molar-refractivity contribution < 1.29 is 13.9 Å². The Kier molecular flexibility index (Phi) is 5.42. The summed E-state index contributed by atoms with van der Waals surface area (Å²) in [4.78, 5) is 11.1. The van der Waals surface area contributed by atoms with Crippen LogP contribution in [0.15, 0.2) is 16.5 Å². The van der Waals surface area contributed by atoms with Crippen molar-refractivity contribution in [3.05, 3.63) is 23.7 Å². The summed E-state index contributed by atoms with van der Waals surface area (Å²) in [7, 11) is 1.34. The lowest BCUT2D eigenvalue weighted by molar-refractivity contribution is 0.0563. The third kappa shape index (κ3) is 3.90. The van der Waals surface area contributed by atoms with Gasteiger partial charge in [0.15, 0.2) is 0 Å². The predicted octanol–water partition coefficient (Wildman–Crippen LogP) is 1.91. The van der Waals surface area contributed by atoms with Gasteiger partial charge in [0, 0.05) is 11.8 Å². The van der Waals surface area contributed by atoms with Crippen LogP contribution in [0.4, 0.5) is 0 Å². The molecule has 5 heteroatoms. The molecule has 0 spiro atoms. The molecule has 0 saturated heterocycles. The van der Waals surface area contributed by atoms with Crippen LogP contribution in [0.1, 0.15) is 23.2 Å². The van der Waals surface area contributed by atoms with Gasteiger partial charge in [-0.15, -0.1) is 0 Å². The highest BCUT2D eigenvalue weighted by molar-refractivity contribution is 7.99. The van der Waals surface area contributed by atoms with Gasteiger partial charge in [0.25, 0.3) is 0 Å². The summed E-state index contributed by atoms with van der Waals surface area (Å²) >= 11 is 1.81. The van der Waals surface area contributed by atoms with Gasteiger partial charge in [0.1, 0.15) is 5.76 Å². The van der Waals surface area contributed by atoms with E-state index in [1.807, 2.05) is 0 Å². The molecular formula is C11H17NO3S. The highest BCUT2D eigenvalue weighted by Gasteiger charge is 2.10. The molecule has 4 nitrogen and oxygen atoms in total. The molecule has 0 aliphatic rings. The molecule has 0 amide bonds. The number of furan rings is 1. The molecule has 0 bridgehead atoms. The van der Waals surface area contributed by atoms with E-state index in [4.69, 9.17) is 4.42 Å². The summed E-state index contributed by atoms with van der Waals surface area (Å²) in [5, 5.41) is 3.82. The van der Waals surface area contributed by atoms with E-state index in [1.165, 1.54) is 7.11 Å². The van der Waals surface area contributed by atoms with Crippen molar-refractivity contribution >= 4 is 17.7 Å². The second kappa shape index (κ2) is 6.60. The Morgan fingerprint density at radius 2 is 2.38 bits per heavy atom. The first-order valence-corrected chi connectivity index (χ1v) is 6.36. The van der Waals surface area contributed by atoms with Gasteiger partial charge < -0.3 is 14.5 Å². The highest BCUT2D eigenvalue weighted by atomic mass is 32.2. The summed E-state index contributed by atoms with van der Waals surface area (Å²) < 4.78 is 9.86. The van der Waals surface area contributed by atoms with Crippen LogP contribution in [-0.2, 0) is 11.3 Å². The van der Waals surface area contributed by atoms with E-state index < -0.39 is 5.97 Å². The minimum atomic E-state index is -0.441. The molecular weight excluding hydrogens is 226 g/mol. The number of hydrogen-bond donors (Lipinski definition) is 1. The zero-order chi connectivity index (χ0) is 12.0. The Labute approximate surface area is 99.7 Å². The second-order valence-corrected chi connectivity index (χ2v) is 4.71. The first-order valence-electron chi connectivity index (χ1n) is 5.08. The number of thioether (sulfide) groups is 1. The van der Waals surface area contributed by atoms with Crippen molar-refractivity contribution in [2.75, 3.05) is 19.9 Å². The first kappa shape index (κ1) is 13.1. The van der Waals surface area contributed by atoms with Gasteiger partial charge in [-0.1, -0.05) is 6.92 Å². The molecule has 1 unspecified atom stereocenters. The van der Waals surface area contributed by atoms with E-state index in [0.29, 0.717) is 11.8 Å². The fourth-order valence-corrected chi connectivity index (χ4v) is 1.45. The van der Waals surface area contributed by atoms with E-state index in [9.17, 15) is 4.79 Å². The standard InChI is InChI=1S/C11H17NO3S/c1-8(16-3)6-12-7-9-4-5-10(15-9)11(13)14-2/h4-5,8,12H,6-7H2,1-3H3. The maximum absolute atomic E-state index is 11.1. The van der Waals surface area contributed by atoms with E-state index in [-0.39, 0.29) is 5.76 Å². The lowest BCUT2D eigenvalue weighted by Crippen LogP contribution is -2.21. The van der Waals surface area contributed by atoms with Crippen molar-refractivity contribution in [2.45, 2.75) is 18.7 Å². The van der Waals surface area contributed by atoms with Gasteiger partial charge >= 0.3 is 5.97 Å². The number of hydrogen-bond acceptors (Lipinski definition) is 5. The lowest BCUT2D eigenvalue weighted by Gasteiger charge is -2.07. The number of carbonyl (C=O) groups excluding carboxylic acids is 1. The third-order valence-electron chi connectivity index (χ3n) is 2.18. The van der Waals surface area contributed by atoms with Crippen molar-refractivity contribution in [3.8, 4) is 0 Å². The third-order valence-corrected chi connectivity index (χ3v) is 3.15. The maximum Gasteiger partial charge on any atom is 0.373 e. The quantitative estimate of drug-likeness (QED) is 0.773. The number of ether oxygens (including phenoxy) is 1. The Hall–Kier alpha value is -0.940. The van der Waals surface area contributed by atoms with Crippen molar-refractivity contribution in [1.29, 1.82) is 0 Å². The fourth-order valence-electron chi connectivity index (χ4n) is 1.17. The number of esters is 1. The van der Waals surface area contributed by atoms with Crippen LogP contribution in [0.5, 0.6) is 0 Å². The van der Waals surface area contributed by atoms with E-state index in [2.05, 4.69) is 23.2 Å². The molecule has 1 heterocycles. The fraction of sp³-hybridized carbons (Fsp3) is 0.545. The Bertz CT molecular complexity index is 338. The molecule has 0 radical (unpaired) electrons. The molecule has 1 rings (SSSR count). The van der Waals surface area contributed by atoms with Crippen molar-refractivity contribution in [1.82, 2.24) is 5.32 Å². The van der Waals surface area contributed by atoms with Gasteiger partial charge in [0.2, 0.25) is 5.76 Å². The number of nitrogens with one attached hydrogen (secondary N) is 1. The van der Waals surface area contributed by atoms with Crippen LogP contribution >= 0.6 is 11.8 Å². The molecule has 1 aromatic rings. The predicted molar refractivity (Wildman–Crippen MR) is 64.7 cm³/mol. The van der Waals surface area contributed by atoms with Crippen LogP contribution in [0.25, 0.3) is 0 Å². The molecule has 0 aromatic carbocycles. The number of rotatable bonds is 6. The molecule has 0 saturated carbocycles. The first-order chi connectivity index (χ1) is 7.67. The zero-order valence-electron chi connectivity index (χ0n) is 9.78. The van der Waals surface area contributed by atoms with Crippen LogP contribution in [-0.4, -0.2) is 31.1 Å². The SMILES string of the molecule is COC(=O)c1ccc(CNCC(C)SC)o1. The van der Waals surface area contributed by atoms with Gasteiger partial charge in [-0.2, -0.15) is 11.8 Å². The van der Waals surface area contributed by atoms with Crippen LogP contribution in [0.3, 0.4) is 0 Å². The van der Waals surface area contributed by atoms with E-state index in [0.717, 1.165) is 12.3 Å². The largest absolute Gasteiger partial charge is 0.463 e. The van der Waals surface area contributed by atoms with Crippen LogP contribution in [0, 0.1) is 0 Å². The zero-order valence-corrected chi connectivity index (χ0v) is 10.6. The van der Waals surface area contributed by atoms with Crippen LogP contribution < -0.4 is 5.32 Å². The normalized spacial score (nSPS) is 12.4. The molecule has 90 valence electrons. The number of carbonyl (C=O) groups is 1. The highest BCUT2D eigenvalue weighted by Crippen LogP contribution is 2.09. The summed E-state index contributed by atoms with van der Waals surface area (Å²) in [6.07, 6.45) is 2.08. The number of methoxy groups -OCH3 is 1. The Morgan fingerprint density at radius 1 is 1.62 bits per heavy atom. The van der Waals surface area contributed by atoms with E-state index >= 15 is 0 Å². The smallest absolute Gasteiger partial charge is 0.373 e. The van der Waals surface area contributed by atoms with Crippen LogP contribution in [0.2, 0.25) is 0 Å². The average molecular weight is 243 g/mol. The van der Waals surface area contributed by atoms with Gasteiger partial charge in [-0.3, -0.25) is 0 Å². The molecule has 0 fully saturated rings. The Balaban J connectivity index is 2.38. The summed E-state index contributed by atoms with van der Waals surface area (Å²) in [5.41, 5.74) is 0. The van der Waals surface area contributed by atoms with E-state index in [1.54, 1.807) is 23.9 Å². The monoisotopic (exact) mass is 243 g/mol. The van der Waals surface area contributed by atoms with Gasteiger partial charge in [0.05, 0.1) is 13.7 Å². The minimum Gasteiger partial charge on any atom is -0.463 e. The Morgan fingerprint density at radius 3 is 3.00 bits per heavy atom. The lowest BCUT2D eigenvalue weighted by atomic mass is 10.4. The summed E-state index contributed by atoms with van der Waals surface area (Å²) in [6, 6.07) is 3.41. The molecule has 1 N–H and O–H groups in total. The summed E-state index contributed by atoms with van der Waals surface area (Å²) in [6.45, 7) is 3.69.